The molecule has 18 heavy (non-hydrogen) atoms. The Morgan fingerprint density at radius 1 is 0.889 bits per heavy atom. The Labute approximate surface area is 111 Å². The van der Waals surface area contributed by atoms with Crippen LogP contribution in [-0.2, 0) is 0 Å². The van der Waals surface area contributed by atoms with Crippen LogP contribution < -0.4 is 10.6 Å². The first-order chi connectivity index (χ1) is 8.93. The van der Waals surface area contributed by atoms with Crippen molar-refractivity contribution in [2.24, 2.45) is 23.7 Å². The number of rotatable bonds is 3. The molecule has 3 aliphatic carbocycles. The number of nitrogens with one attached hydrogen (secondary N) is 2. The van der Waals surface area contributed by atoms with Gasteiger partial charge in [-0.25, -0.2) is 0 Å². The van der Waals surface area contributed by atoms with Crippen LogP contribution in [0.25, 0.3) is 0 Å². The third-order valence-electron chi connectivity index (χ3n) is 6.25. The predicted octanol–water partition coefficient (Wildman–Crippen LogP) is 2.54. The van der Waals surface area contributed by atoms with E-state index in [9.17, 15) is 0 Å². The van der Waals surface area contributed by atoms with E-state index in [1.807, 2.05) is 0 Å². The van der Waals surface area contributed by atoms with E-state index in [1.54, 1.807) is 19.3 Å². The lowest BCUT2D eigenvalue weighted by molar-refractivity contribution is 0.379. The topological polar surface area (TPSA) is 24.1 Å². The Kier molecular flexibility index (Phi) is 3.12. The number of fused-ring (bicyclic) bond motifs is 5. The van der Waals surface area contributed by atoms with Gasteiger partial charge in [-0.15, -0.1) is 0 Å². The maximum atomic E-state index is 3.91. The van der Waals surface area contributed by atoms with E-state index >= 15 is 0 Å². The molecule has 4 rings (SSSR count). The molecule has 5 atom stereocenters. The highest BCUT2D eigenvalue weighted by molar-refractivity contribution is 5.16. The minimum absolute atomic E-state index is 0.754. The zero-order valence-electron chi connectivity index (χ0n) is 11.5. The summed E-state index contributed by atoms with van der Waals surface area (Å²) in [7, 11) is 0. The van der Waals surface area contributed by atoms with E-state index in [2.05, 4.69) is 10.6 Å². The summed E-state index contributed by atoms with van der Waals surface area (Å²) >= 11 is 0. The molecule has 1 aliphatic heterocycles. The molecule has 4 aliphatic rings. The van der Waals surface area contributed by atoms with E-state index in [0.29, 0.717) is 0 Å². The third-order valence-corrected chi connectivity index (χ3v) is 6.25. The van der Waals surface area contributed by atoms with Gasteiger partial charge in [0.05, 0.1) is 0 Å². The Bertz CT molecular complexity index is 279. The molecule has 0 aromatic carbocycles. The molecule has 2 heteroatoms. The Hall–Kier alpha value is -0.0800. The van der Waals surface area contributed by atoms with Crippen molar-refractivity contribution >= 4 is 0 Å². The van der Waals surface area contributed by atoms with Crippen molar-refractivity contribution in [3.05, 3.63) is 0 Å². The molecular weight excluding hydrogens is 220 g/mol. The van der Waals surface area contributed by atoms with Crippen LogP contribution in [0.15, 0.2) is 0 Å². The fraction of sp³-hybridized carbons (Fsp3) is 1.00. The fourth-order valence-electron chi connectivity index (χ4n) is 5.33. The summed E-state index contributed by atoms with van der Waals surface area (Å²) in [6.45, 7) is 2.48. The van der Waals surface area contributed by atoms with Crippen LogP contribution in [0, 0.1) is 23.7 Å². The van der Waals surface area contributed by atoms with E-state index in [4.69, 9.17) is 0 Å². The summed E-state index contributed by atoms with van der Waals surface area (Å²) in [5, 5.41) is 7.66. The van der Waals surface area contributed by atoms with E-state index in [-0.39, 0.29) is 0 Å². The van der Waals surface area contributed by atoms with Crippen molar-refractivity contribution in [2.75, 3.05) is 13.1 Å². The maximum Gasteiger partial charge on any atom is 0.0192 e. The van der Waals surface area contributed by atoms with Gasteiger partial charge in [-0.1, -0.05) is 19.3 Å². The van der Waals surface area contributed by atoms with Gasteiger partial charge in [0, 0.05) is 18.6 Å². The van der Waals surface area contributed by atoms with Crippen molar-refractivity contribution in [1.82, 2.24) is 10.6 Å². The molecule has 1 saturated heterocycles. The molecule has 2 N–H and O–H groups in total. The largest absolute Gasteiger partial charge is 0.313 e. The maximum absolute atomic E-state index is 3.91. The second-order valence-corrected chi connectivity index (χ2v) is 7.28. The van der Waals surface area contributed by atoms with E-state index in [1.165, 1.54) is 45.2 Å². The van der Waals surface area contributed by atoms with Crippen LogP contribution in [0.3, 0.4) is 0 Å². The minimum atomic E-state index is 0.754. The molecular formula is C16H28N2. The lowest BCUT2D eigenvalue weighted by Gasteiger charge is -2.22. The highest BCUT2D eigenvalue weighted by atomic mass is 15.1. The predicted molar refractivity (Wildman–Crippen MR) is 74.5 cm³/mol. The van der Waals surface area contributed by atoms with Gasteiger partial charge in [-0.2, -0.15) is 0 Å². The van der Waals surface area contributed by atoms with Crippen LogP contribution >= 0.6 is 0 Å². The Morgan fingerprint density at radius 3 is 2.50 bits per heavy atom. The second kappa shape index (κ2) is 4.79. The van der Waals surface area contributed by atoms with Gasteiger partial charge >= 0.3 is 0 Å². The van der Waals surface area contributed by atoms with Gasteiger partial charge in [0.2, 0.25) is 0 Å². The van der Waals surface area contributed by atoms with Crippen LogP contribution in [0.1, 0.15) is 51.4 Å². The molecule has 0 radical (unpaired) electrons. The van der Waals surface area contributed by atoms with Gasteiger partial charge in [0.25, 0.3) is 0 Å². The molecule has 0 amide bonds. The first-order valence-corrected chi connectivity index (χ1v) is 8.40. The highest BCUT2D eigenvalue weighted by Crippen LogP contribution is 2.65. The average Bonchev–Trinajstić information content (AvgIpc) is 2.75. The zero-order chi connectivity index (χ0) is 11.9. The van der Waals surface area contributed by atoms with Gasteiger partial charge in [-0.3, -0.25) is 0 Å². The first kappa shape index (κ1) is 11.7. The summed E-state index contributed by atoms with van der Waals surface area (Å²) in [5.41, 5.74) is 0. The first-order valence-electron chi connectivity index (χ1n) is 8.40. The van der Waals surface area contributed by atoms with Gasteiger partial charge in [-0.05, 0) is 62.3 Å². The quantitative estimate of drug-likeness (QED) is 0.802. The van der Waals surface area contributed by atoms with E-state index in [0.717, 1.165) is 35.8 Å². The van der Waals surface area contributed by atoms with Crippen molar-refractivity contribution in [3.63, 3.8) is 0 Å². The fourth-order valence-corrected chi connectivity index (χ4v) is 5.33. The summed E-state index contributed by atoms with van der Waals surface area (Å²) in [5.74, 6) is 4.42. The van der Waals surface area contributed by atoms with Crippen molar-refractivity contribution in [3.8, 4) is 0 Å². The lowest BCUT2D eigenvalue weighted by atomic mass is 10.0. The van der Waals surface area contributed by atoms with Crippen LogP contribution in [0.5, 0.6) is 0 Å². The second-order valence-electron chi connectivity index (χ2n) is 7.28. The smallest absolute Gasteiger partial charge is 0.0192 e. The molecule has 5 unspecified atom stereocenters. The molecule has 0 aromatic heterocycles. The van der Waals surface area contributed by atoms with Gasteiger partial charge in [0.1, 0.15) is 0 Å². The van der Waals surface area contributed by atoms with Gasteiger partial charge in [0.15, 0.2) is 0 Å². The summed E-state index contributed by atoms with van der Waals surface area (Å²) in [6, 6.07) is 1.67. The molecule has 102 valence electrons. The SMILES string of the molecule is C1CCCC(CNC2C3C4CCC(C4)C23)NCC1. The van der Waals surface area contributed by atoms with Crippen LogP contribution in [0.2, 0.25) is 0 Å². The molecule has 0 spiro atoms. The van der Waals surface area contributed by atoms with Crippen LogP contribution in [0.4, 0.5) is 0 Å². The average molecular weight is 248 g/mol. The highest BCUT2D eigenvalue weighted by Gasteiger charge is 2.64. The normalized spacial score (nSPS) is 50.7. The van der Waals surface area contributed by atoms with Gasteiger partial charge < -0.3 is 10.6 Å². The van der Waals surface area contributed by atoms with Crippen molar-refractivity contribution < 1.29 is 0 Å². The lowest BCUT2D eigenvalue weighted by Crippen LogP contribution is -2.41. The zero-order valence-corrected chi connectivity index (χ0v) is 11.5. The minimum Gasteiger partial charge on any atom is -0.313 e. The molecule has 1 heterocycles. The standard InChI is InChI=1S/C16H28N2/c1-2-4-8-17-13(5-3-1)10-18-16-14-11-6-7-12(9-11)15(14)16/h11-18H,1-10H2. The molecule has 0 aromatic rings. The summed E-state index contributed by atoms with van der Waals surface area (Å²) in [6.07, 6.45) is 11.8. The Balaban J connectivity index is 1.24. The molecule has 2 bridgehead atoms. The molecule has 4 fully saturated rings. The molecule has 2 nitrogen and oxygen atoms in total. The summed E-state index contributed by atoms with van der Waals surface area (Å²) < 4.78 is 0. The summed E-state index contributed by atoms with van der Waals surface area (Å²) in [4.78, 5) is 0. The monoisotopic (exact) mass is 248 g/mol. The van der Waals surface area contributed by atoms with Crippen molar-refractivity contribution in [1.29, 1.82) is 0 Å². The van der Waals surface area contributed by atoms with Crippen LogP contribution in [-0.4, -0.2) is 25.2 Å². The van der Waals surface area contributed by atoms with E-state index < -0.39 is 0 Å². The Morgan fingerprint density at radius 2 is 1.67 bits per heavy atom. The molecule has 3 saturated carbocycles. The van der Waals surface area contributed by atoms with Crippen molar-refractivity contribution in [2.45, 2.75) is 63.5 Å². The number of hydrogen-bond acceptors (Lipinski definition) is 2. The number of hydrogen-bond donors (Lipinski definition) is 2. The third kappa shape index (κ3) is 2.02.